The lowest BCUT2D eigenvalue weighted by Gasteiger charge is -2.54. The van der Waals surface area contributed by atoms with Gasteiger partial charge in [-0.1, -0.05) is 19.4 Å². The van der Waals surface area contributed by atoms with Gasteiger partial charge in [-0.3, -0.25) is 4.79 Å². The molecule has 0 radical (unpaired) electrons. The second-order valence-corrected chi connectivity index (χ2v) is 9.49. The molecular weight excluding hydrogens is 338 g/mol. The number of fused-ring (bicyclic) bond motifs is 5. The summed E-state index contributed by atoms with van der Waals surface area (Å²) in [6, 6.07) is 5.93. The first kappa shape index (κ1) is 18.8. The van der Waals surface area contributed by atoms with Crippen LogP contribution in [0, 0.1) is 23.2 Å². The molecule has 0 spiro atoms. The molecule has 0 saturated heterocycles. The minimum atomic E-state index is -0.215. The summed E-state index contributed by atoms with van der Waals surface area (Å²) in [5, 5.41) is 20.7. The number of aromatic hydroxyl groups is 1. The van der Waals surface area contributed by atoms with Gasteiger partial charge in [0.15, 0.2) is 0 Å². The molecule has 4 rings (SSSR count). The van der Waals surface area contributed by atoms with Crippen LogP contribution in [0.4, 0.5) is 0 Å². The third kappa shape index (κ3) is 3.26. The Morgan fingerprint density at radius 3 is 2.85 bits per heavy atom. The minimum Gasteiger partial charge on any atom is -0.508 e. The van der Waals surface area contributed by atoms with Crippen molar-refractivity contribution in [2.75, 3.05) is 0 Å². The Kier molecular flexibility index (Phi) is 4.96. The quantitative estimate of drug-likeness (QED) is 0.687. The predicted octanol–water partition coefficient (Wildman–Crippen LogP) is 3.88. The predicted molar refractivity (Wildman–Crippen MR) is 105 cm³/mol. The second kappa shape index (κ2) is 7.12. The van der Waals surface area contributed by atoms with Gasteiger partial charge in [-0.25, -0.2) is 0 Å². The van der Waals surface area contributed by atoms with Gasteiger partial charge in [-0.05, 0) is 97.3 Å². The van der Waals surface area contributed by atoms with Gasteiger partial charge in [-0.15, -0.1) is 0 Å². The number of aliphatic hydroxyl groups is 1. The van der Waals surface area contributed by atoms with E-state index in [0.29, 0.717) is 35.8 Å². The fourth-order valence-corrected chi connectivity index (χ4v) is 6.84. The first-order valence-electron chi connectivity index (χ1n) is 10.7. The van der Waals surface area contributed by atoms with E-state index in [-0.39, 0.29) is 17.4 Å². The van der Waals surface area contributed by atoms with E-state index in [9.17, 15) is 15.0 Å². The normalized spacial score (nSPS) is 37.3. The van der Waals surface area contributed by atoms with Crippen LogP contribution in [0.15, 0.2) is 18.2 Å². The Hall–Kier alpha value is -1.55. The third-order valence-corrected chi connectivity index (χ3v) is 8.03. The smallest absolute Gasteiger partial charge is 0.217 e. The SMILES string of the molecule is C[C@]12C[C@H](CCCCC(N)=O)[C@@H]3c4ccc(O)cc4CC[C@H]3[C@@H]1CC[C@@H]2O. The molecule has 4 N–H and O–H groups in total. The molecule has 27 heavy (non-hydrogen) atoms. The van der Waals surface area contributed by atoms with Crippen molar-refractivity contribution < 1.29 is 15.0 Å². The van der Waals surface area contributed by atoms with Gasteiger partial charge in [0.2, 0.25) is 5.91 Å². The van der Waals surface area contributed by atoms with Crippen molar-refractivity contribution in [3.05, 3.63) is 29.3 Å². The van der Waals surface area contributed by atoms with E-state index in [1.807, 2.05) is 12.1 Å². The molecule has 1 amide bonds. The van der Waals surface area contributed by atoms with Gasteiger partial charge < -0.3 is 15.9 Å². The lowest BCUT2D eigenvalue weighted by atomic mass is 9.51. The molecule has 1 aromatic carbocycles. The zero-order chi connectivity index (χ0) is 19.2. The average molecular weight is 372 g/mol. The number of aliphatic hydroxyl groups excluding tert-OH is 1. The van der Waals surface area contributed by atoms with Crippen LogP contribution < -0.4 is 5.73 Å². The number of rotatable bonds is 5. The van der Waals surface area contributed by atoms with Crippen molar-refractivity contribution in [3.63, 3.8) is 0 Å². The number of aryl methyl sites for hydroxylation is 1. The van der Waals surface area contributed by atoms with Crippen LogP contribution >= 0.6 is 0 Å². The van der Waals surface area contributed by atoms with Gasteiger partial charge in [0.25, 0.3) is 0 Å². The van der Waals surface area contributed by atoms with Crippen LogP contribution in [0.2, 0.25) is 0 Å². The van der Waals surface area contributed by atoms with Crippen LogP contribution in [0.25, 0.3) is 0 Å². The number of carbonyl (C=O) groups is 1. The summed E-state index contributed by atoms with van der Waals surface area (Å²) < 4.78 is 0. The molecule has 0 aromatic heterocycles. The Bertz CT molecular complexity index is 718. The fraction of sp³-hybridized carbons (Fsp3) is 0.696. The van der Waals surface area contributed by atoms with E-state index in [1.54, 1.807) is 0 Å². The van der Waals surface area contributed by atoms with Gasteiger partial charge >= 0.3 is 0 Å². The van der Waals surface area contributed by atoms with Crippen molar-refractivity contribution >= 4 is 5.91 Å². The van der Waals surface area contributed by atoms with Crippen molar-refractivity contribution in [1.82, 2.24) is 0 Å². The van der Waals surface area contributed by atoms with Crippen LogP contribution in [0.1, 0.15) is 75.3 Å². The molecule has 1 aromatic rings. The molecule has 0 unspecified atom stereocenters. The Labute approximate surface area is 162 Å². The molecule has 2 saturated carbocycles. The molecular formula is C23H33NO3. The number of primary amides is 1. The van der Waals surface area contributed by atoms with Crippen molar-refractivity contribution in [2.45, 2.75) is 76.7 Å². The number of phenols is 1. The number of amides is 1. The first-order chi connectivity index (χ1) is 12.9. The number of hydrogen-bond donors (Lipinski definition) is 3. The summed E-state index contributed by atoms with van der Waals surface area (Å²) in [6.45, 7) is 2.31. The van der Waals surface area contributed by atoms with Crippen molar-refractivity contribution in [3.8, 4) is 5.75 Å². The molecule has 0 heterocycles. The van der Waals surface area contributed by atoms with Crippen LogP contribution in [0.3, 0.4) is 0 Å². The number of unbranched alkanes of at least 4 members (excludes halogenated alkanes) is 1. The van der Waals surface area contributed by atoms with E-state index in [4.69, 9.17) is 5.73 Å². The molecule has 148 valence electrons. The van der Waals surface area contributed by atoms with Crippen LogP contribution in [-0.2, 0) is 11.2 Å². The molecule has 4 heteroatoms. The molecule has 2 fully saturated rings. The monoisotopic (exact) mass is 371 g/mol. The molecule has 3 aliphatic carbocycles. The van der Waals surface area contributed by atoms with Crippen LogP contribution in [0.5, 0.6) is 5.75 Å². The number of benzene rings is 1. The van der Waals surface area contributed by atoms with E-state index >= 15 is 0 Å². The molecule has 0 bridgehead atoms. The standard InChI is InChI=1S/C23H33NO3/c1-23-13-15(4-2-3-5-21(24)27)22-17-9-7-16(25)12-14(17)6-8-18(22)19(23)10-11-20(23)26/h7,9,12,15,18-20,22,25-26H,2-6,8,10-11,13H2,1H3,(H2,24,27)/t15-,18-,19-,20-,22+,23-/m0/s1. The highest BCUT2D eigenvalue weighted by Gasteiger charge is 2.57. The average Bonchev–Trinajstić information content (AvgIpc) is 2.92. The Morgan fingerprint density at radius 2 is 2.07 bits per heavy atom. The topological polar surface area (TPSA) is 83.6 Å². The Morgan fingerprint density at radius 1 is 1.26 bits per heavy atom. The zero-order valence-corrected chi connectivity index (χ0v) is 16.4. The number of phenolic OH excluding ortho intramolecular Hbond substituents is 1. The highest BCUT2D eigenvalue weighted by atomic mass is 16.3. The summed E-state index contributed by atoms with van der Waals surface area (Å²) in [6.07, 6.45) is 8.57. The van der Waals surface area contributed by atoms with E-state index in [0.717, 1.165) is 51.4 Å². The highest BCUT2D eigenvalue weighted by Crippen LogP contribution is 2.63. The van der Waals surface area contributed by atoms with E-state index in [1.165, 1.54) is 11.1 Å². The van der Waals surface area contributed by atoms with Gasteiger partial charge in [0, 0.05) is 6.42 Å². The second-order valence-electron chi connectivity index (χ2n) is 9.49. The fourth-order valence-electron chi connectivity index (χ4n) is 6.84. The minimum absolute atomic E-state index is 0.0317. The Balaban J connectivity index is 1.62. The summed E-state index contributed by atoms with van der Waals surface area (Å²) in [4.78, 5) is 11.1. The number of carbonyl (C=O) groups excluding carboxylic acids is 1. The number of hydrogen-bond acceptors (Lipinski definition) is 3. The third-order valence-electron chi connectivity index (χ3n) is 8.03. The van der Waals surface area contributed by atoms with Crippen molar-refractivity contribution in [1.29, 1.82) is 0 Å². The first-order valence-corrected chi connectivity index (χ1v) is 10.7. The lowest BCUT2D eigenvalue weighted by molar-refractivity contribution is -0.118. The summed E-state index contributed by atoms with van der Waals surface area (Å²) in [5.41, 5.74) is 8.07. The summed E-state index contributed by atoms with van der Waals surface area (Å²) in [5.74, 6) is 2.42. The van der Waals surface area contributed by atoms with Gasteiger partial charge in [-0.2, -0.15) is 0 Å². The van der Waals surface area contributed by atoms with Crippen molar-refractivity contribution in [2.24, 2.45) is 28.9 Å². The van der Waals surface area contributed by atoms with Gasteiger partial charge in [0.05, 0.1) is 6.10 Å². The number of nitrogens with two attached hydrogens (primary N) is 1. The molecule has 6 atom stereocenters. The zero-order valence-electron chi connectivity index (χ0n) is 16.4. The van der Waals surface area contributed by atoms with E-state index in [2.05, 4.69) is 13.0 Å². The lowest BCUT2D eigenvalue weighted by Crippen LogP contribution is -2.47. The molecule has 4 nitrogen and oxygen atoms in total. The largest absolute Gasteiger partial charge is 0.508 e. The molecule has 3 aliphatic rings. The molecule has 0 aliphatic heterocycles. The maximum atomic E-state index is 11.1. The highest BCUT2D eigenvalue weighted by molar-refractivity contribution is 5.73. The maximum Gasteiger partial charge on any atom is 0.217 e. The van der Waals surface area contributed by atoms with E-state index < -0.39 is 0 Å². The van der Waals surface area contributed by atoms with Crippen LogP contribution in [-0.4, -0.2) is 22.2 Å². The summed E-state index contributed by atoms with van der Waals surface area (Å²) in [7, 11) is 0. The maximum absolute atomic E-state index is 11.1. The van der Waals surface area contributed by atoms with Gasteiger partial charge in [0.1, 0.15) is 5.75 Å². The summed E-state index contributed by atoms with van der Waals surface area (Å²) >= 11 is 0.